The van der Waals surface area contributed by atoms with Crippen molar-refractivity contribution in [2.45, 2.75) is 37.8 Å². The molecular weight excluding hydrogens is 259 g/mol. The highest BCUT2D eigenvalue weighted by molar-refractivity contribution is 5.78. The summed E-state index contributed by atoms with van der Waals surface area (Å²) in [6.07, 6.45) is 2.39. The number of carbonyl (C=O) groups excluding carboxylic acids is 1. The first-order chi connectivity index (χ1) is 9.58. The van der Waals surface area contributed by atoms with Crippen LogP contribution in [0.5, 0.6) is 0 Å². The molecular formula is C15H21FN2O2. The molecule has 110 valence electrons. The largest absolute Gasteiger partial charge is 0.386 e. The lowest BCUT2D eigenvalue weighted by atomic mass is 9.85. The van der Waals surface area contributed by atoms with Gasteiger partial charge in [-0.25, -0.2) is 4.39 Å². The molecule has 1 saturated carbocycles. The summed E-state index contributed by atoms with van der Waals surface area (Å²) in [4.78, 5) is 12.0. The van der Waals surface area contributed by atoms with Crippen LogP contribution >= 0.6 is 0 Å². The van der Waals surface area contributed by atoms with Gasteiger partial charge in [-0.05, 0) is 25.3 Å². The number of rotatable bonds is 4. The van der Waals surface area contributed by atoms with Crippen LogP contribution < -0.4 is 11.1 Å². The SMILES string of the molecule is N[C@@H]1CCC[C@H](C(=O)NC[C@@H](O)c2ccccc2F)C1. The number of aliphatic hydroxyl groups is 1. The zero-order valence-electron chi connectivity index (χ0n) is 11.4. The van der Waals surface area contributed by atoms with Crippen molar-refractivity contribution in [1.29, 1.82) is 0 Å². The van der Waals surface area contributed by atoms with Crippen LogP contribution in [0.15, 0.2) is 24.3 Å². The molecule has 1 aliphatic rings. The minimum absolute atomic E-state index is 0.0193. The van der Waals surface area contributed by atoms with Gasteiger partial charge in [0.15, 0.2) is 0 Å². The lowest BCUT2D eigenvalue weighted by molar-refractivity contribution is -0.126. The summed E-state index contributed by atoms with van der Waals surface area (Å²) in [6, 6.07) is 6.11. The van der Waals surface area contributed by atoms with E-state index in [-0.39, 0.29) is 30.0 Å². The fourth-order valence-corrected chi connectivity index (χ4v) is 2.66. The lowest BCUT2D eigenvalue weighted by Crippen LogP contribution is -2.39. The van der Waals surface area contributed by atoms with Crippen molar-refractivity contribution in [2.75, 3.05) is 6.54 Å². The highest BCUT2D eigenvalue weighted by atomic mass is 19.1. The summed E-state index contributed by atoms with van der Waals surface area (Å²) < 4.78 is 13.5. The summed E-state index contributed by atoms with van der Waals surface area (Å²) in [7, 11) is 0. The predicted molar refractivity (Wildman–Crippen MR) is 74.3 cm³/mol. The van der Waals surface area contributed by atoms with E-state index in [4.69, 9.17) is 5.73 Å². The quantitative estimate of drug-likeness (QED) is 0.782. The average Bonchev–Trinajstić information content (AvgIpc) is 2.45. The molecule has 0 heterocycles. The number of halogens is 1. The molecule has 0 spiro atoms. The third-order valence-electron chi connectivity index (χ3n) is 3.82. The number of nitrogens with two attached hydrogens (primary N) is 1. The van der Waals surface area contributed by atoms with Gasteiger partial charge < -0.3 is 16.2 Å². The van der Waals surface area contributed by atoms with Crippen LogP contribution in [-0.4, -0.2) is 23.6 Å². The van der Waals surface area contributed by atoms with E-state index < -0.39 is 11.9 Å². The van der Waals surface area contributed by atoms with Gasteiger partial charge in [-0.15, -0.1) is 0 Å². The number of amides is 1. The molecule has 1 aliphatic carbocycles. The summed E-state index contributed by atoms with van der Waals surface area (Å²) in [6.45, 7) is 0.0193. The molecule has 3 atom stereocenters. The predicted octanol–water partition coefficient (Wildman–Crippen LogP) is 1.49. The van der Waals surface area contributed by atoms with Crippen molar-refractivity contribution in [3.05, 3.63) is 35.6 Å². The smallest absolute Gasteiger partial charge is 0.223 e. The summed E-state index contributed by atoms with van der Waals surface area (Å²) in [5.74, 6) is -0.656. The Kier molecular flexibility index (Phi) is 5.09. The number of carbonyl (C=O) groups is 1. The molecule has 0 radical (unpaired) electrons. The Morgan fingerprint density at radius 1 is 1.45 bits per heavy atom. The zero-order valence-corrected chi connectivity index (χ0v) is 11.4. The second kappa shape index (κ2) is 6.81. The monoisotopic (exact) mass is 280 g/mol. The first-order valence-corrected chi connectivity index (χ1v) is 7.03. The fourth-order valence-electron chi connectivity index (χ4n) is 2.66. The third-order valence-corrected chi connectivity index (χ3v) is 3.82. The van der Waals surface area contributed by atoms with Gasteiger partial charge >= 0.3 is 0 Å². The molecule has 0 aromatic heterocycles. The van der Waals surface area contributed by atoms with Crippen molar-refractivity contribution >= 4 is 5.91 Å². The summed E-state index contributed by atoms with van der Waals surface area (Å²) in [5.41, 5.74) is 6.05. The van der Waals surface area contributed by atoms with E-state index >= 15 is 0 Å². The van der Waals surface area contributed by atoms with Gasteiger partial charge in [0.05, 0.1) is 6.10 Å². The van der Waals surface area contributed by atoms with Gasteiger partial charge in [-0.2, -0.15) is 0 Å². The Morgan fingerprint density at radius 3 is 2.90 bits per heavy atom. The van der Waals surface area contributed by atoms with E-state index in [1.165, 1.54) is 12.1 Å². The molecule has 5 heteroatoms. The fraction of sp³-hybridized carbons (Fsp3) is 0.533. The standard InChI is InChI=1S/C15H21FN2O2/c16-13-7-2-1-6-12(13)14(19)9-18-15(20)10-4-3-5-11(17)8-10/h1-2,6-7,10-11,14,19H,3-5,8-9,17H2,(H,18,20)/t10-,11+,14+/m0/s1. The van der Waals surface area contributed by atoms with Crippen molar-refractivity contribution in [3.63, 3.8) is 0 Å². The summed E-state index contributed by atoms with van der Waals surface area (Å²) in [5, 5.41) is 12.6. The molecule has 1 fully saturated rings. The van der Waals surface area contributed by atoms with Gasteiger partial charge in [-0.3, -0.25) is 4.79 Å². The Morgan fingerprint density at radius 2 is 2.20 bits per heavy atom. The van der Waals surface area contributed by atoms with E-state index in [9.17, 15) is 14.3 Å². The topological polar surface area (TPSA) is 75.4 Å². The van der Waals surface area contributed by atoms with Crippen molar-refractivity contribution in [2.24, 2.45) is 11.7 Å². The second-order valence-corrected chi connectivity index (χ2v) is 5.41. The first-order valence-electron chi connectivity index (χ1n) is 7.03. The maximum atomic E-state index is 13.5. The van der Waals surface area contributed by atoms with Crippen molar-refractivity contribution < 1.29 is 14.3 Å². The maximum Gasteiger partial charge on any atom is 0.223 e. The van der Waals surface area contributed by atoms with E-state index in [2.05, 4.69) is 5.32 Å². The van der Waals surface area contributed by atoms with E-state index in [0.717, 1.165) is 19.3 Å². The molecule has 0 unspecified atom stereocenters. The van der Waals surface area contributed by atoms with E-state index in [0.29, 0.717) is 6.42 Å². The highest BCUT2D eigenvalue weighted by Gasteiger charge is 2.25. The Balaban J connectivity index is 1.85. The first kappa shape index (κ1) is 14.9. The van der Waals surface area contributed by atoms with Crippen LogP contribution in [0, 0.1) is 11.7 Å². The molecule has 20 heavy (non-hydrogen) atoms. The van der Waals surface area contributed by atoms with Crippen LogP contribution in [0.3, 0.4) is 0 Å². The van der Waals surface area contributed by atoms with Gasteiger partial charge in [0.2, 0.25) is 5.91 Å². The lowest BCUT2D eigenvalue weighted by Gasteiger charge is -2.26. The number of benzene rings is 1. The van der Waals surface area contributed by atoms with E-state index in [1.807, 2.05) is 0 Å². The van der Waals surface area contributed by atoms with Gasteiger partial charge in [0.25, 0.3) is 0 Å². The molecule has 4 N–H and O–H groups in total. The van der Waals surface area contributed by atoms with Crippen LogP contribution in [0.2, 0.25) is 0 Å². The molecule has 0 bridgehead atoms. The molecule has 1 amide bonds. The molecule has 2 rings (SSSR count). The summed E-state index contributed by atoms with van der Waals surface area (Å²) >= 11 is 0. The Hall–Kier alpha value is -1.46. The molecule has 1 aromatic rings. The Bertz CT molecular complexity index is 467. The van der Waals surface area contributed by atoms with E-state index in [1.54, 1.807) is 12.1 Å². The normalized spacial score (nSPS) is 24.1. The number of nitrogens with one attached hydrogen (secondary N) is 1. The van der Waals surface area contributed by atoms with Crippen molar-refractivity contribution in [1.82, 2.24) is 5.32 Å². The number of hydrogen-bond acceptors (Lipinski definition) is 3. The second-order valence-electron chi connectivity index (χ2n) is 5.41. The van der Waals surface area contributed by atoms with Gasteiger partial charge in [-0.1, -0.05) is 24.6 Å². The molecule has 1 aromatic carbocycles. The number of aliphatic hydroxyl groups excluding tert-OH is 1. The van der Waals surface area contributed by atoms with Gasteiger partial charge in [0.1, 0.15) is 5.82 Å². The van der Waals surface area contributed by atoms with Crippen LogP contribution in [0.1, 0.15) is 37.4 Å². The molecule has 4 nitrogen and oxygen atoms in total. The maximum absolute atomic E-state index is 13.5. The highest BCUT2D eigenvalue weighted by Crippen LogP contribution is 2.23. The Labute approximate surface area is 118 Å². The molecule has 0 aliphatic heterocycles. The average molecular weight is 280 g/mol. The molecule has 0 saturated heterocycles. The number of hydrogen-bond donors (Lipinski definition) is 3. The zero-order chi connectivity index (χ0) is 14.5. The van der Waals surface area contributed by atoms with Crippen LogP contribution in [0.25, 0.3) is 0 Å². The minimum Gasteiger partial charge on any atom is -0.386 e. The van der Waals surface area contributed by atoms with Crippen LogP contribution in [-0.2, 0) is 4.79 Å². The van der Waals surface area contributed by atoms with Crippen molar-refractivity contribution in [3.8, 4) is 0 Å². The minimum atomic E-state index is -1.03. The van der Waals surface area contributed by atoms with Gasteiger partial charge in [0, 0.05) is 24.1 Å². The van der Waals surface area contributed by atoms with Crippen LogP contribution in [0.4, 0.5) is 4.39 Å². The third kappa shape index (κ3) is 3.77.